The molecule has 0 radical (unpaired) electrons. The van der Waals surface area contributed by atoms with Crippen LogP contribution in [0.2, 0.25) is 0 Å². The van der Waals surface area contributed by atoms with E-state index < -0.39 is 0 Å². The van der Waals surface area contributed by atoms with E-state index in [4.69, 9.17) is 0 Å². The highest BCUT2D eigenvalue weighted by Crippen LogP contribution is 2.88. The Labute approximate surface area is 84.4 Å². The zero-order chi connectivity index (χ0) is 7.69. The molecule has 3 rings (SSSR count). The largest absolute Gasteiger partial charge is 0.0874 e. The molecule has 1 spiro atoms. The van der Waals surface area contributed by atoms with Gasteiger partial charge in [-0.1, -0.05) is 44.7 Å². The molecular formula is C9H12Br2. The monoisotopic (exact) mass is 278 g/mol. The molecule has 11 heavy (non-hydrogen) atoms. The van der Waals surface area contributed by atoms with E-state index in [0.717, 1.165) is 17.3 Å². The van der Waals surface area contributed by atoms with E-state index in [-0.39, 0.29) is 0 Å². The van der Waals surface area contributed by atoms with Crippen molar-refractivity contribution in [2.45, 2.75) is 35.3 Å². The van der Waals surface area contributed by atoms with Crippen LogP contribution < -0.4 is 0 Å². The van der Waals surface area contributed by atoms with Crippen molar-refractivity contribution in [2.75, 3.05) is 0 Å². The minimum atomic E-state index is 0.368. The van der Waals surface area contributed by atoms with Crippen molar-refractivity contribution < 1.29 is 0 Å². The van der Waals surface area contributed by atoms with Gasteiger partial charge in [0.25, 0.3) is 0 Å². The molecule has 2 heteroatoms. The van der Waals surface area contributed by atoms with Gasteiger partial charge in [0.15, 0.2) is 0 Å². The molecule has 0 saturated heterocycles. The number of alkyl halides is 2. The minimum Gasteiger partial charge on any atom is -0.0721 e. The molecule has 3 aliphatic carbocycles. The van der Waals surface area contributed by atoms with Gasteiger partial charge in [0.05, 0.1) is 3.23 Å². The molecule has 0 nitrogen and oxygen atoms in total. The van der Waals surface area contributed by atoms with E-state index >= 15 is 0 Å². The van der Waals surface area contributed by atoms with Gasteiger partial charge in [-0.2, -0.15) is 0 Å². The van der Waals surface area contributed by atoms with Crippen LogP contribution >= 0.6 is 31.9 Å². The molecular weight excluding hydrogens is 268 g/mol. The zero-order valence-corrected chi connectivity index (χ0v) is 9.62. The Bertz CT molecular complexity index is 198. The number of rotatable bonds is 0. The lowest BCUT2D eigenvalue weighted by molar-refractivity contribution is 0.480. The Hall–Kier alpha value is 0.960. The van der Waals surface area contributed by atoms with Crippen LogP contribution in [0.25, 0.3) is 0 Å². The second kappa shape index (κ2) is 1.89. The summed E-state index contributed by atoms with van der Waals surface area (Å²) >= 11 is 7.55. The Balaban J connectivity index is 1.85. The van der Waals surface area contributed by atoms with Crippen LogP contribution in [0.1, 0.15) is 32.1 Å². The molecule has 3 saturated carbocycles. The maximum Gasteiger partial charge on any atom is 0.0874 e. The highest BCUT2D eigenvalue weighted by atomic mass is 79.9. The molecule has 2 atom stereocenters. The van der Waals surface area contributed by atoms with Crippen LogP contribution in [0.4, 0.5) is 0 Å². The van der Waals surface area contributed by atoms with Crippen LogP contribution in [0.3, 0.4) is 0 Å². The molecule has 2 unspecified atom stereocenters. The molecule has 0 amide bonds. The van der Waals surface area contributed by atoms with Crippen LogP contribution in [0.15, 0.2) is 0 Å². The molecule has 0 aromatic rings. The second-order valence-corrected chi connectivity index (χ2v) is 8.19. The highest BCUT2D eigenvalue weighted by Gasteiger charge is 2.83. The summed E-state index contributed by atoms with van der Waals surface area (Å²) in [5, 5.41) is 0. The first-order valence-corrected chi connectivity index (χ1v) is 6.15. The average Bonchev–Trinajstić information content (AvgIpc) is 2.76. The Morgan fingerprint density at radius 2 is 1.45 bits per heavy atom. The van der Waals surface area contributed by atoms with Crippen molar-refractivity contribution in [3.63, 3.8) is 0 Å². The summed E-state index contributed by atoms with van der Waals surface area (Å²) in [4.78, 5) is 0. The summed E-state index contributed by atoms with van der Waals surface area (Å²) < 4.78 is 0.368. The van der Waals surface area contributed by atoms with Crippen LogP contribution in [0, 0.1) is 17.3 Å². The molecule has 3 fully saturated rings. The van der Waals surface area contributed by atoms with Crippen LogP contribution in [0.5, 0.6) is 0 Å². The van der Waals surface area contributed by atoms with E-state index in [0.29, 0.717) is 3.23 Å². The fraction of sp³-hybridized carbons (Fsp3) is 1.00. The minimum absolute atomic E-state index is 0.368. The van der Waals surface area contributed by atoms with E-state index in [9.17, 15) is 0 Å². The molecule has 3 aliphatic rings. The molecule has 62 valence electrons. The fourth-order valence-electron chi connectivity index (χ4n) is 3.38. The number of hydrogen-bond donors (Lipinski definition) is 0. The normalized spacial score (nSPS) is 57.3. The smallest absolute Gasteiger partial charge is 0.0721 e. The van der Waals surface area contributed by atoms with Crippen molar-refractivity contribution in [3.05, 3.63) is 0 Å². The highest BCUT2D eigenvalue weighted by molar-refractivity contribution is 9.25. The lowest BCUT2D eigenvalue weighted by Gasteiger charge is -2.04. The Morgan fingerprint density at radius 3 is 1.82 bits per heavy atom. The lowest BCUT2D eigenvalue weighted by atomic mass is 10.0. The molecule has 0 heterocycles. The first-order chi connectivity index (χ1) is 5.18. The molecule has 0 N–H and O–H groups in total. The van der Waals surface area contributed by atoms with Gasteiger partial charge in [-0.05, 0) is 31.1 Å². The van der Waals surface area contributed by atoms with Gasteiger partial charge in [-0.3, -0.25) is 0 Å². The molecule has 0 aromatic heterocycles. The SMILES string of the molecule is BrC1(Br)CC12C1CCCCC12. The predicted octanol–water partition coefficient (Wildman–Crippen LogP) is 3.68. The third-order valence-electron chi connectivity index (χ3n) is 4.05. The number of fused-ring (bicyclic) bond motifs is 3. The van der Waals surface area contributed by atoms with Gasteiger partial charge in [0.1, 0.15) is 0 Å². The third-order valence-corrected chi connectivity index (χ3v) is 6.09. The summed E-state index contributed by atoms with van der Waals surface area (Å²) in [5.74, 6) is 2.16. The molecule has 0 aliphatic heterocycles. The first-order valence-electron chi connectivity index (χ1n) is 4.56. The van der Waals surface area contributed by atoms with Gasteiger partial charge >= 0.3 is 0 Å². The third kappa shape index (κ3) is 0.720. The van der Waals surface area contributed by atoms with Gasteiger partial charge in [-0.25, -0.2) is 0 Å². The first kappa shape index (κ1) is 7.37. The summed E-state index contributed by atoms with van der Waals surface area (Å²) in [6, 6.07) is 0. The number of hydrogen-bond acceptors (Lipinski definition) is 0. The fourth-order valence-corrected chi connectivity index (χ4v) is 5.48. The summed E-state index contributed by atoms with van der Waals surface area (Å²) in [6.45, 7) is 0. The van der Waals surface area contributed by atoms with Crippen molar-refractivity contribution in [1.82, 2.24) is 0 Å². The maximum atomic E-state index is 3.78. The summed E-state index contributed by atoms with van der Waals surface area (Å²) in [7, 11) is 0. The van der Waals surface area contributed by atoms with E-state index in [1.54, 1.807) is 0 Å². The molecule has 0 bridgehead atoms. The lowest BCUT2D eigenvalue weighted by Crippen LogP contribution is -1.91. The maximum absolute atomic E-state index is 3.78. The topological polar surface area (TPSA) is 0 Å². The summed E-state index contributed by atoms with van der Waals surface area (Å²) in [6.07, 6.45) is 7.36. The van der Waals surface area contributed by atoms with Gasteiger partial charge in [-0.15, -0.1) is 0 Å². The van der Waals surface area contributed by atoms with Crippen molar-refractivity contribution in [1.29, 1.82) is 0 Å². The quantitative estimate of drug-likeness (QED) is 0.594. The van der Waals surface area contributed by atoms with E-state index in [1.165, 1.54) is 32.1 Å². The van der Waals surface area contributed by atoms with Gasteiger partial charge in [0.2, 0.25) is 0 Å². The standard InChI is InChI=1S/C9H12Br2/c10-9(11)5-8(9)6-3-1-2-4-7(6)8/h6-7H,1-5H2. The van der Waals surface area contributed by atoms with Crippen molar-refractivity contribution in [2.24, 2.45) is 17.3 Å². The number of halogens is 2. The Kier molecular flexibility index (Phi) is 1.27. The predicted molar refractivity (Wildman–Crippen MR) is 53.1 cm³/mol. The van der Waals surface area contributed by atoms with Gasteiger partial charge in [0, 0.05) is 5.41 Å². The Morgan fingerprint density at radius 1 is 1.00 bits per heavy atom. The molecule has 0 aromatic carbocycles. The van der Waals surface area contributed by atoms with E-state index in [1.807, 2.05) is 0 Å². The van der Waals surface area contributed by atoms with Crippen LogP contribution in [-0.4, -0.2) is 3.23 Å². The summed E-state index contributed by atoms with van der Waals surface area (Å²) in [5.41, 5.74) is 0.726. The zero-order valence-electron chi connectivity index (χ0n) is 6.45. The average molecular weight is 280 g/mol. The second-order valence-electron chi connectivity index (χ2n) is 4.42. The van der Waals surface area contributed by atoms with E-state index in [2.05, 4.69) is 31.9 Å². The van der Waals surface area contributed by atoms with Gasteiger partial charge < -0.3 is 0 Å². The van der Waals surface area contributed by atoms with Crippen molar-refractivity contribution in [3.8, 4) is 0 Å². The van der Waals surface area contributed by atoms with Crippen molar-refractivity contribution >= 4 is 31.9 Å². The van der Waals surface area contributed by atoms with Crippen LogP contribution in [-0.2, 0) is 0 Å².